The smallest absolute Gasteiger partial charge is 0.416 e. The Bertz CT molecular complexity index is 809. The minimum Gasteiger partial charge on any atom is -0.444 e. The van der Waals surface area contributed by atoms with Crippen LogP contribution in [-0.4, -0.2) is 18.2 Å². The van der Waals surface area contributed by atoms with Crippen molar-refractivity contribution >= 4 is 17.5 Å². The zero-order chi connectivity index (χ0) is 20.8. The number of nitrogens with zero attached hydrogens (tertiary/aromatic N) is 2. The van der Waals surface area contributed by atoms with Gasteiger partial charge in [-0.2, -0.15) is 23.4 Å². The van der Waals surface area contributed by atoms with E-state index in [0.29, 0.717) is 24.3 Å². The maximum absolute atomic E-state index is 12.5. The Hall–Kier alpha value is -2.90. The highest BCUT2D eigenvalue weighted by Crippen LogP contribution is 2.30. The number of alkyl carbamates (subject to hydrolysis) is 1. The van der Waals surface area contributed by atoms with Crippen LogP contribution in [0.2, 0.25) is 0 Å². The van der Waals surface area contributed by atoms with E-state index < -0.39 is 23.4 Å². The van der Waals surface area contributed by atoms with Crippen molar-refractivity contribution in [3.63, 3.8) is 0 Å². The van der Waals surface area contributed by atoms with Crippen LogP contribution in [-0.2, 0) is 17.3 Å². The Morgan fingerprint density at radius 3 is 1.89 bits per heavy atom. The lowest BCUT2D eigenvalue weighted by molar-refractivity contribution is -0.137. The maximum atomic E-state index is 12.5. The van der Waals surface area contributed by atoms with Crippen LogP contribution in [0.25, 0.3) is 0 Å². The fourth-order valence-corrected chi connectivity index (χ4v) is 2.18. The zero-order valence-electron chi connectivity index (χ0n) is 15.9. The van der Waals surface area contributed by atoms with Gasteiger partial charge >= 0.3 is 12.3 Å². The highest BCUT2D eigenvalue weighted by Gasteiger charge is 2.29. The molecule has 0 spiro atoms. The van der Waals surface area contributed by atoms with Gasteiger partial charge in [-0.15, -0.1) is 0 Å². The van der Waals surface area contributed by atoms with Gasteiger partial charge in [-0.05, 0) is 69.2 Å². The molecule has 0 saturated heterocycles. The van der Waals surface area contributed by atoms with Crippen molar-refractivity contribution < 1.29 is 22.7 Å². The number of benzene rings is 2. The fraction of sp³-hybridized carbons (Fsp3) is 0.350. The Kier molecular flexibility index (Phi) is 6.77. The van der Waals surface area contributed by atoms with E-state index in [0.717, 1.165) is 17.7 Å². The predicted molar refractivity (Wildman–Crippen MR) is 100 cm³/mol. The number of amides is 1. The Labute approximate surface area is 161 Å². The summed E-state index contributed by atoms with van der Waals surface area (Å²) in [5, 5.41) is 10.6. The molecule has 2 rings (SSSR count). The highest BCUT2D eigenvalue weighted by molar-refractivity contribution is 5.67. The number of carbonyl (C=O) groups is 1. The molecule has 0 unspecified atom stereocenters. The Morgan fingerprint density at radius 1 is 0.929 bits per heavy atom. The van der Waals surface area contributed by atoms with Crippen molar-refractivity contribution in [1.82, 2.24) is 5.32 Å². The van der Waals surface area contributed by atoms with Crippen molar-refractivity contribution in [2.45, 2.75) is 39.0 Å². The summed E-state index contributed by atoms with van der Waals surface area (Å²) in [4.78, 5) is 11.6. The lowest BCUT2D eigenvalue weighted by Gasteiger charge is -2.19. The molecule has 0 aromatic heterocycles. The molecule has 0 fully saturated rings. The van der Waals surface area contributed by atoms with E-state index in [1.165, 1.54) is 12.1 Å². The van der Waals surface area contributed by atoms with Gasteiger partial charge in [0.2, 0.25) is 0 Å². The number of alkyl halides is 3. The Balaban J connectivity index is 1.85. The van der Waals surface area contributed by atoms with Gasteiger partial charge in [-0.25, -0.2) is 4.79 Å². The first-order chi connectivity index (χ1) is 13.0. The molecule has 2 aromatic rings. The van der Waals surface area contributed by atoms with Gasteiger partial charge in [-0.1, -0.05) is 12.1 Å². The van der Waals surface area contributed by atoms with Gasteiger partial charge in [-0.3, -0.25) is 0 Å². The number of nitrogens with one attached hydrogen (secondary N) is 1. The molecule has 150 valence electrons. The summed E-state index contributed by atoms with van der Waals surface area (Å²) < 4.78 is 42.7. The van der Waals surface area contributed by atoms with Crippen LogP contribution in [0, 0.1) is 0 Å². The number of ether oxygens (including phenoxy) is 1. The molecule has 2 aromatic carbocycles. The van der Waals surface area contributed by atoms with Gasteiger partial charge in [0.25, 0.3) is 0 Å². The zero-order valence-corrected chi connectivity index (χ0v) is 15.9. The summed E-state index contributed by atoms with van der Waals surface area (Å²) in [5.41, 5.74) is 0.631. The molecule has 0 aliphatic heterocycles. The van der Waals surface area contributed by atoms with E-state index >= 15 is 0 Å². The molecule has 0 bridgehead atoms. The normalized spacial score (nSPS) is 12.2. The van der Waals surface area contributed by atoms with Crippen LogP contribution in [0.15, 0.2) is 58.8 Å². The standard InChI is InChI=1S/C20H22F3N3O2/c1-19(2,3)28-18(27)24-13-12-14-4-8-16(9-5-14)25-26-17-10-6-15(7-11-17)20(21,22)23/h4-11H,12-13H2,1-3H3,(H,24,27). The average molecular weight is 393 g/mol. The largest absolute Gasteiger partial charge is 0.444 e. The summed E-state index contributed by atoms with van der Waals surface area (Å²) in [6.45, 7) is 5.82. The summed E-state index contributed by atoms with van der Waals surface area (Å²) in [5.74, 6) is 0. The van der Waals surface area contributed by atoms with E-state index in [9.17, 15) is 18.0 Å². The third-order valence-electron chi connectivity index (χ3n) is 3.49. The van der Waals surface area contributed by atoms with Gasteiger partial charge in [0.1, 0.15) is 5.60 Å². The topological polar surface area (TPSA) is 63.0 Å². The Morgan fingerprint density at radius 2 is 1.43 bits per heavy atom. The molecule has 28 heavy (non-hydrogen) atoms. The van der Waals surface area contributed by atoms with Crippen molar-refractivity contribution in [3.8, 4) is 0 Å². The first-order valence-electron chi connectivity index (χ1n) is 8.68. The van der Waals surface area contributed by atoms with E-state index in [-0.39, 0.29) is 0 Å². The fourth-order valence-electron chi connectivity index (χ4n) is 2.18. The first-order valence-corrected chi connectivity index (χ1v) is 8.68. The number of carbonyl (C=O) groups excluding carboxylic acids is 1. The first kappa shape index (κ1) is 21.4. The second-order valence-corrected chi connectivity index (χ2v) is 7.09. The summed E-state index contributed by atoms with van der Waals surface area (Å²) >= 11 is 0. The second-order valence-electron chi connectivity index (χ2n) is 7.09. The van der Waals surface area contributed by atoms with Crippen LogP contribution in [0.4, 0.5) is 29.3 Å². The van der Waals surface area contributed by atoms with Crippen molar-refractivity contribution in [1.29, 1.82) is 0 Å². The molecule has 0 heterocycles. The number of hydrogen-bond acceptors (Lipinski definition) is 4. The molecule has 0 aliphatic carbocycles. The summed E-state index contributed by atoms with van der Waals surface area (Å²) in [7, 11) is 0. The van der Waals surface area contributed by atoms with Gasteiger partial charge < -0.3 is 10.1 Å². The number of rotatable bonds is 5. The molecule has 0 atom stereocenters. The quantitative estimate of drug-likeness (QED) is 0.616. The minimum atomic E-state index is -4.37. The van der Waals surface area contributed by atoms with Crippen LogP contribution in [0.3, 0.4) is 0 Å². The van der Waals surface area contributed by atoms with Crippen molar-refractivity contribution in [2.75, 3.05) is 6.54 Å². The maximum Gasteiger partial charge on any atom is 0.416 e. The average Bonchev–Trinajstić information content (AvgIpc) is 2.59. The SMILES string of the molecule is CC(C)(C)OC(=O)NCCc1ccc(N=Nc2ccc(C(F)(F)F)cc2)cc1. The van der Waals surface area contributed by atoms with Crippen LogP contribution < -0.4 is 5.32 Å². The highest BCUT2D eigenvalue weighted by atomic mass is 19.4. The minimum absolute atomic E-state index is 0.332. The number of hydrogen-bond donors (Lipinski definition) is 1. The van der Waals surface area contributed by atoms with Gasteiger partial charge in [0, 0.05) is 6.54 Å². The second kappa shape index (κ2) is 8.86. The van der Waals surface area contributed by atoms with Gasteiger partial charge in [0.15, 0.2) is 0 Å². The van der Waals surface area contributed by atoms with Crippen molar-refractivity contribution in [3.05, 3.63) is 59.7 Å². The molecule has 0 aliphatic rings. The predicted octanol–water partition coefficient (Wildman–Crippen LogP) is 6.19. The van der Waals surface area contributed by atoms with Crippen LogP contribution in [0.5, 0.6) is 0 Å². The molecule has 1 N–H and O–H groups in total. The lowest BCUT2D eigenvalue weighted by atomic mass is 10.1. The lowest BCUT2D eigenvalue weighted by Crippen LogP contribution is -2.33. The van der Waals surface area contributed by atoms with Crippen LogP contribution >= 0.6 is 0 Å². The molecular formula is C20H22F3N3O2. The monoisotopic (exact) mass is 393 g/mol. The molecule has 5 nitrogen and oxygen atoms in total. The summed E-state index contributed by atoms with van der Waals surface area (Å²) in [6.07, 6.45) is -4.21. The third-order valence-corrected chi connectivity index (χ3v) is 3.49. The summed E-state index contributed by atoms with van der Waals surface area (Å²) in [6, 6.07) is 11.7. The van der Waals surface area contributed by atoms with Gasteiger partial charge in [0.05, 0.1) is 16.9 Å². The third kappa shape index (κ3) is 7.38. The molecular weight excluding hydrogens is 371 g/mol. The molecule has 0 radical (unpaired) electrons. The van der Waals surface area contributed by atoms with E-state index in [2.05, 4.69) is 15.5 Å². The molecule has 0 saturated carbocycles. The van der Waals surface area contributed by atoms with E-state index in [1.807, 2.05) is 12.1 Å². The van der Waals surface area contributed by atoms with E-state index in [1.54, 1.807) is 32.9 Å². The van der Waals surface area contributed by atoms with E-state index in [4.69, 9.17) is 4.74 Å². The van der Waals surface area contributed by atoms with Crippen LogP contribution in [0.1, 0.15) is 31.9 Å². The number of halogens is 3. The molecule has 1 amide bonds. The number of azo groups is 1. The van der Waals surface area contributed by atoms with Crippen molar-refractivity contribution in [2.24, 2.45) is 10.2 Å². The molecule has 8 heteroatoms.